The van der Waals surface area contributed by atoms with Gasteiger partial charge in [-0.2, -0.15) is 0 Å². The normalized spacial score (nSPS) is 19.7. The van der Waals surface area contributed by atoms with Gasteiger partial charge in [-0.25, -0.2) is 0 Å². The van der Waals surface area contributed by atoms with Crippen LogP contribution in [0.4, 0.5) is 0 Å². The molecule has 1 aliphatic carbocycles. The van der Waals surface area contributed by atoms with Crippen molar-refractivity contribution in [3.05, 3.63) is 35.5 Å². The highest BCUT2D eigenvalue weighted by Gasteiger charge is 2.28. The van der Waals surface area contributed by atoms with Crippen molar-refractivity contribution >= 4 is 10.9 Å². The summed E-state index contributed by atoms with van der Waals surface area (Å²) in [7, 11) is 0. The summed E-state index contributed by atoms with van der Waals surface area (Å²) >= 11 is 0. The van der Waals surface area contributed by atoms with Crippen LogP contribution in [-0.4, -0.2) is 22.7 Å². The molecule has 1 aliphatic heterocycles. The van der Waals surface area contributed by atoms with E-state index in [4.69, 9.17) is 4.74 Å². The summed E-state index contributed by atoms with van der Waals surface area (Å²) in [4.78, 5) is 7.09. The van der Waals surface area contributed by atoms with Crippen LogP contribution >= 0.6 is 0 Å². The number of rotatable bonds is 2. The van der Waals surface area contributed by atoms with E-state index in [9.17, 15) is 0 Å². The Hall–Kier alpha value is -1.61. The van der Waals surface area contributed by atoms with Gasteiger partial charge in [-0.3, -0.25) is 9.88 Å². The third-order valence-corrected chi connectivity index (χ3v) is 4.98. The highest BCUT2D eigenvalue weighted by Crippen LogP contribution is 2.37. The molecule has 4 rings (SSSR count). The van der Waals surface area contributed by atoms with Crippen molar-refractivity contribution in [3.63, 3.8) is 0 Å². The summed E-state index contributed by atoms with van der Waals surface area (Å²) in [6.45, 7) is 3.95. The molecule has 21 heavy (non-hydrogen) atoms. The molecule has 0 amide bonds. The molecule has 3 heteroatoms. The van der Waals surface area contributed by atoms with Gasteiger partial charge >= 0.3 is 0 Å². The summed E-state index contributed by atoms with van der Waals surface area (Å²) in [5, 5.41) is 1.24. The van der Waals surface area contributed by atoms with Gasteiger partial charge in [-0.15, -0.1) is 0 Å². The van der Waals surface area contributed by atoms with E-state index in [1.165, 1.54) is 42.2 Å². The number of benzene rings is 1. The van der Waals surface area contributed by atoms with Gasteiger partial charge in [0.25, 0.3) is 0 Å². The fourth-order valence-electron chi connectivity index (χ4n) is 3.84. The molecule has 0 N–H and O–H groups in total. The summed E-state index contributed by atoms with van der Waals surface area (Å²) in [6.07, 6.45) is 8.30. The number of hydrogen-bond acceptors (Lipinski definition) is 3. The van der Waals surface area contributed by atoms with E-state index in [0.717, 1.165) is 31.0 Å². The molecule has 1 aromatic carbocycles. The fourth-order valence-corrected chi connectivity index (χ4v) is 3.84. The predicted molar refractivity (Wildman–Crippen MR) is 84.4 cm³/mol. The zero-order valence-electron chi connectivity index (χ0n) is 12.6. The minimum absolute atomic E-state index is 0.711. The van der Waals surface area contributed by atoms with Crippen LogP contribution in [0.15, 0.2) is 24.4 Å². The summed E-state index contributed by atoms with van der Waals surface area (Å²) < 4.78 is 6.12. The molecular formula is C18H22N2O. The summed E-state index contributed by atoms with van der Waals surface area (Å²) in [5.74, 6) is 1.01. The molecule has 0 atom stereocenters. The van der Waals surface area contributed by atoms with Crippen LogP contribution in [0.1, 0.15) is 43.7 Å². The predicted octanol–water partition coefficient (Wildman–Crippen LogP) is 3.89. The molecule has 1 saturated carbocycles. The molecule has 2 aromatic rings. The minimum atomic E-state index is 0.711. The molecule has 0 saturated heterocycles. The smallest absolute Gasteiger partial charge is 0.152 e. The molecule has 0 bridgehead atoms. The van der Waals surface area contributed by atoms with E-state index >= 15 is 0 Å². The number of fused-ring (bicyclic) bond motifs is 3. The third kappa shape index (κ3) is 2.20. The van der Waals surface area contributed by atoms with E-state index in [-0.39, 0.29) is 0 Å². The van der Waals surface area contributed by atoms with Crippen molar-refractivity contribution in [1.29, 1.82) is 0 Å². The molecule has 2 aliphatic rings. The van der Waals surface area contributed by atoms with Crippen molar-refractivity contribution in [1.82, 2.24) is 9.88 Å². The highest BCUT2D eigenvalue weighted by molar-refractivity contribution is 5.89. The maximum Gasteiger partial charge on any atom is 0.152 e. The second-order valence-electron chi connectivity index (χ2n) is 6.24. The highest BCUT2D eigenvalue weighted by atomic mass is 16.5. The van der Waals surface area contributed by atoms with Crippen molar-refractivity contribution in [3.8, 4) is 5.75 Å². The second-order valence-corrected chi connectivity index (χ2v) is 6.24. The Balaban J connectivity index is 1.76. The molecule has 0 spiro atoms. The fraction of sp³-hybridized carbons (Fsp3) is 0.500. The summed E-state index contributed by atoms with van der Waals surface area (Å²) in [5.41, 5.74) is 3.74. The zero-order valence-corrected chi connectivity index (χ0v) is 12.6. The lowest BCUT2D eigenvalue weighted by molar-refractivity contribution is 0.0590. The Morgan fingerprint density at radius 3 is 3.00 bits per heavy atom. The number of aromatic nitrogens is 1. The molecule has 1 aromatic heterocycles. The van der Waals surface area contributed by atoms with Crippen LogP contribution < -0.4 is 4.74 Å². The Kier molecular flexibility index (Phi) is 3.30. The van der Waals surface area contributed by atoms with Crippen LogP contribution in [0.3, 0.4) is 0 Å². The van der Waals surface area contributed by atoms with Crippen LogP contribution in [-0.2, 0) is 13.0 Å². The lowest BCUT2D eigenvalue weighted by Gasteiger charge is -2.34. The first-order chi connectivity index (χ1) is 10.4. The van der Waals surface area contributed by atoms with Crippen molar-refractivity contribution in [2.45, 2.75) is 51.6 Å². The molecule has 2 heterocycles. The van der Waals surface area contributed by atoms with Crippen LogP contribution in [0.2, 0.25) is 0 Å². The first kappa shape index (κ1) is 13.1. The lowest BCUT2D eigenvalue weighted by atomic mass is 9.99. The number of ether oxygens (including phenoxy) is 1. The Labute approximate surface area is 125 Å². The molecule has 1 fully saturated rings. The summed E-state index contributed by atoms with van der Waals surface area (Å²) in [6, 6.07) is 7.22. The van der Waals surface area contributed by atoms with E-state index in [0.29, 0.717) is 6.04 Å². The van der Waals surface area contributed by atoms with E-state index in [1.807, 2.05) is 12.3 Å². The van der Waals surface area contributed by atoms with Crippen LogP contribution in [0.5, 0.6) is 5.75 Å². The third-order valence-electron chi connectivity index (χ3n) is 4.98. The van der Waals surface area contributed by atoms with Crippen LogP contribution in [0, 0.1) is 0 Å². The van der Waals surface area contributed by atoms with Crippen LogP contribution in [0.25, 0.3) is 10.9 Å². The van der Waals surface area contributed by atoms with Gasteiger partial charge in [0.2, 0.25) is 0 Å². The number of hydrogen-bond donors (Lipinski definition) is 0. The van der Waals surface area contributed by atoms with Crippen molar-refractivity contribution < 1.29 is 4.74 Å². The average Bonchev–Trinajstić information content (AvgIpc) is 3.08. The largest absolute Gasteiger partial charge is 0.475 e. The first-order valence-corrected chi connectivity index (χ1v) is 8.13. The topological polar surface area (TPSA) is 25.4 Å². The van der Waals surface area contributed by atoms with E-state index < -0.39 is 0 Å². The first-order valence-electron chi connectivity index (χ1n) is 8.13. The quantitative estimate of drug-likeness (QED) is 0.835. The maximum atomic E-state index is 6.12. The van der Waals surface area contributed by atoms with Gasteiger partial charge in [-0.1, -0.05) is 31.9 Å². The van der Waals surface area contributed by atoms with Crippen molar-refractivity contribution in [2.75, 3.05) is 6.73 Å². The van der Waals surface area contributed by atoms with Gasteiger partial charge in [0.15, 0.2) is 5.75 Å². The van der Waals surface area contributed by atoms with E-state index in [2.05, 4.69) is 28.9 Å². The Bertz CT molecular complexity index is 662. The van der Waals surface area contributed by atoms with E-state index in [1.54, 1.807) is 0 Å². The number of aryl methyl sites for hydroxylation is 1. The standard InChI is InChI=1S/C18H22N2O/c1-2-13-10-14-11-20(15-6-3-4-7-15)12-21-18(14)17-16(13)8-5-9-19-17/h5,8-10,15H,2-4,6-7,11-12H2,1H3. The van der Waals surface area contributed by atoms with Gasteiger partial charge < -0.3 is 4.74 Å². The van der Waals surface area contributed by atoms with Gasteiger partial charge in [0.1, 0.15) is 12.2 Å². The van der Waals surface area contributed by atoms with Gasteiger partial charge in [0.05, 0.1) is 0 Å². The SMILES string of the molecule is CCc1cc2c(c3ncccc13)OCN(C1CCCC1)C2. The van der Waals surface area contributed by atoms with Gasteiger partial charge in [-0.05, 0) is 30.9 Å². The second kappa shape index (κ2) is 5.30. The molecule has 0 radical (unpaired) electrons. The van der Waals surface area contributed by atoms with Crippen molar-refractivity contribution in [2.24, 2.45) is 0 Å². The number of pyridine rings is 1. The Morgan fingerprint density at radius 1 is 1.33 bits per heavy atom. The Morgan fingerprint density at radius 2 is 2.19 bits per heavy atom. The zero-order chi connectivity index (χ0) is 14.2. The monoisotopic (exact) mass is 282 g/mol. The number of nitrogens with zero attached hydrogens (tertiary/aromatic N) is 2. The molecular weight excluding hydrogens is 260 g/mol. The van der Waals surface area contributed by atoms with Gasteiger partial charge in [0, 0.05) is 29.7 Å². The molecule has 110 valence electrons. The molecule has 3 nitrogen and oxygen atoms in total. The lowest BCUT2D eigenvalue weighted by Crippen LogP contribution is -2.39. The average molecular weight is 282 g/mol. The maximum absolute atomic E-state index is 6.12. The molecule has 0 unspecified atom stereocenters. The minimum Gasteiger partial charge on any atom is -0.475 e.